The van der Waals surface area contributed by atoms with Crippen molar-refractivity contribution in [2.75, 3.05) is 25.1 Å². The molecule has 3 aromatic rings. The Morgan fingerprint density at radius 1 is 0.974 bits per heavy atom. The number of benzene rings is 3. The molecule has 7 nitrogen and oxygen atoms in total. The van der Waals surface area contributed by atoms with Gasteiger partial charge in [-0.15, -0.1) is 0 Å². The fourth-order valence-electron chi connectivity index (χ4n) is 5.36. The Kier molecular flexibility index (Phi) is 8.09. The first-order valence-electron chi connectivity index (χ1n) is 12.8. The number of hydrogen-bond acceptors (Lipinski definition) is 5. The standard InChI is InChI=1S/C30H30IN3O4/c1-38-26-9-5-8-22(18-26)29(36)33(25-14-16-32(17-15-25)20-21-6-3-2-4-7-21)27-19-28(35)34(30(27)37)24-12-10-23(31)11-13-24/h2-13,18,25,27H,14-17,19-20H2,1H3. The number of anilines is 1. The van der Waals surface area contributed by atoms with Crippen molar-refractivity contribution in [3.8, 4) is 5.75 Å². The number of rotatable bonds is 7. The first-order valence-corrected chi connectivity index (χ1v) is 13.9. The number of carbonyl (C=O) groups is 3. The van der Waals surface area contributed by atoms with Crippen molar-refractivity contribution in [3.63, 3.8) is 0 Å². The third kappa shape index (κ3) is 5.61. The Labute approximate surface area is 236 Å². The van der Waals surface area contributed by atoms with Gasteiger partial charge in [-0.3, -0.25) is 19.3 Å². The molecule has 0 N–H and O–H groups in total. The van der Waals surface area contributed by atoms with Crippen molar-refractivity contribution >= 4 is 46.0 Å². The highest BCUT2D eigenvalue weighted by Gasteiger charge is 2.47. The molecule has 0 spiro atoms. The molecule has 2 saturated heterocycles. The zero-order chi connectivity index (χ0) is 26.6. The summed E-state index contributed by atoms with van der Waals surface area (Å²) >= 11 is 2.19. The lowest BCUT2D eigenvalue weighted by Gasteiger charge is -2.40. The van der Waals surface area contributed by atoms with Crippen LogP contribution in [0.5, 0.6) is 5.75 Å². The van der Waals surface area contributed by atoms with Gasteiger partial charge in [0, 0.05) is 34.8 Å². The van der Waals surface area contributed by atoms with Gasteiger partial charge in [0.15, 0.2) is 0 Å². The van der Waals surface area contributed by atoms with Gasteiger partial charge in [0.2, 0.25) is 5.91 Å². The Hall–Kier alpha value is -3.24. The second-order valence-electron chi connectivity index (χ2n) is 9.70. The van der Waals surface area contributed by atoms with Crippen LogP contribution in [0, 0.1) is 3.57 Å². The minimum Gasteiger partial charge on any atom is -0.497 e. The minimum absolute atomic E-state index is 0.0231. The summed E-state index contributed by atoms with van der Waals surface area (Å²) in [5, 5.41) is 0. The maximum absolute atomic E-state index is 14.0. The summed E-state index contributed by atoms with van der Waals surface area (Å²) < 4.78 is 6.35. The highest BCUT2D eigenvalue weighted by Crippen LogP contribution is 2.31. The van der Waals surface area contributed by atoms with E-state index >= 15 is 0 Å². The first kappa shape index (κ1) is 26.4. The molecule has 5 rings (SSSR count). The van der Waals surface area contributed by atoms with E-state index in [1.54, 1.807) is 48.4 Å². The maximum Gasteiger partial charge on any atom is 0.257 e. The van der Waals surface area contributed by atoms with Gasteiger partial charge in [-0.05, 0) is 83.5 Å². The van der Waals surface area contributed by atoms with Crippen LogP contribution in [0.4, 0.5) is 5.69 Å². The second-order valence-corrected chi connectivity index (χ2v) is 10.9. The SMILES string of the molecule is COc1cccc(C(=O)N(C2CCN(Cc3ccccc3)CC2)C2CC(=O)N(c3ccc(I)cc3)C2=O)c1. The molecule has 38 heavy (non-hydrogen) atoms. The molecule has 3 aromatic carbocycles. The van der Waals surface area contributed by atoms with Crippen molar-refractivity contribution in [3.05, 3.63) is 93.6 Å². The van der Waals surface area contributed by atoms with Gasteiger partial charge in [-0.2, -0.15) is 0 Å². The van der Waals surface area contributed by atoms with E-state index in [1.807, 2.05) is 30.3 Å². The molecule has 2 aliphatic heterocycles. The molecule has 1 atom stereocenters. The molecule has 2 heterocycles. The molecular formula is C30H30IN3O4. The van der Waals surface area contributed by atoms with Crippen LogP contribution in [-0.2, 0) is 16.1 Å². The van der Waals surface area contributed by atoms with Crippen molar-refractivity contribution < 1.29 is 19.1 Å². The lowest BCUT2D eigenvalue weighted by atomic mass is 9.98. The number of carbonyl (C=O) groups excluding carboxylic acids is 3. The average molecular weight is 623 g/mol. The van der Waals surface area contributed by atoms with Crippen LogP contribution in [0.2, 0.25) is 0 Å². The van der Waals surface area contributed by atoms with Crippen molar-refractivity contribution in [1.29, 1.82) is 0 Å². The number of piperidine rings is 1. The van der Waals surface area contributed by atoms with E-state index in [1.165, 1.54) is 10.5 Å². The summed E-state index contributed by atoms with van der Waals surface area (Å²) in [6, 6.07) is 23.6. The van der Waals surface area contributed by atoms with E-state index < -0.39 is 6.04 Å². The molecule has 2 fully saturated rings. The van der Waals surface area contributed by atoms with Crippen molar-refractivity contribution in [2.45, 2.75) is 37.9 Å². The number of amides is 3. The topological polar surface area (TPSA) is 70.2 Å². The zero-order valence-electron chi connectivity index (χ0n) is 21.3. The maximum atomic E-state index is 14.0. The van der Waals surface area contributed by atoms with Crippen molar-refractivity contribution in [1.82, 2.24) is 9.80 Å². The Balaban J connectivity index is 1.40. The number of likely N-dealkylation sites (tertiary alicyclic amines) is 1. The third-order valence-electron chi connectivity index (χ3n) is 7.29. The van der Waals surface area contributed by atoms with Gasteiger partial charge in [-0.25, -0.2) is 4.90 Å². The number of nitrogens with zero attached hydrogens (tertiary/aromatic N) is 3. The summed E-state index contributed by atoms with van der Waals surface area (Å²) in [4.78, 5) is 46.1. The molecule has 196 valence electrons. The fourth-order valence-corrected chi connectivity index (χ4v) is 5.72. The molecule has 0 radical (unpaired) electrons. The van der Waals surface area contributed by atoms with Gasteiger partial charge in [0.1, 0.15) is 11.8 Å². The molecule has 3 amide bonds. The van der Waals surface area contributed by atoms with Gasteiger partial charge >= 0.3 is 0 Å². The predicted molar refractivity (Wildman–Crippen MR) is 154 cm³/mol. The van der Waals surface area contributed by atoms with Crippen LogP contribution in [0.3, 0.4) is 0 Å². The molecule has 1 unspecified atom stereocenters. The fraction of sp³-hybridized carbons (Fsp3) is 0.300. The summed E-state index contributed by atoms with van der Waals surface area (Å²) in [5.74, 6) is -0.311. The Morgan fingerprint density at radius 2 is 1.68 bits per heavy atom. The van der Waals surface area contributed by atoms with Crippen LogP contribution < -0.4 is 9.64 Å². The number of hydrogen-bond donors (Lipinski definition) is 0. The molecule has 0 bridgehead atoms. The first-order chi connectivity index (χ1) is 18.4. The van der Waals surface area contributed by atoms with E-state index in [9.17, 15) is 14.4 Å². The highest BCUT2D eigenvalue weighted by molar-refractivity contribution is 14.1. The monoisotopic (exact) mass is 623 g/mol. The zero-order valence-corrected chi connectivity index (χ0v) is 23.4. The molecular weight excluding hydrogens is 593 g/mol. The second kappa shape index (κ2) is 11.7. The Bertz CT molecular complexity index is 1310. The van der Waals surface area contributed by atoms with Gasteiger partial charge in [-0.1, -0.05) is 36.4 Å². The highest BCUT2D eigenvalue weighted by atomic mass is 127. The molecule has 8 heteroatoms. The Morgan fingerprint density at radius 3 is 2.37 bits per heavy atom. The summed E-state index contributed by atoms with van der Waals surface area (Å²) in [6.45, 7) is 2.45. The summed E-state index contributed by atoms with van der Waals surface area (Å²) in [5.41, 5.74) is 2.23. The minimum atomic E-state index is -0.842. The third-order valence-corrected chi connectivity index (χ3v) is 8.01. The molecule has 2 aliphatic rings. The predicted octanol–water partition coefficient (Wildman–Crippen LogP) is 4.74. The van der Waals surface area contributed by atoms with Gasteiger partial charge in [0.25, 0.3) is 11.8 Å². The normalized spacial score (nSPS) is 18.6. The molecule has 0 saturated carbocycles. The number of halogens is 1. The van der Waals surface area contributed by atoms with E-state index in [4.69, 9.17) is 4.74 Å². The van der Waals surface area contributed by atoms with Crippen LogP contribution >= 0.6 is 22.6 Å². The van der Waals surface area contributed by atoms with Crippen LogP contribution in [-0.4, -0.2) is 59.8 Å². The average Bonchev–Trinajstić information content (AvgIpc) is 3.24. The van der Waals surface area contributed by atoms with E-state index in [0.29, 0.717) is 17.0 Å². The van der Waals surface area contributed by atoms with Gasteiger partial charge < -0.3 is 9.64 Å². The largest absolute Gasteiger partial charge is 0.497 e. The lowest BCUT2D eigenvalue weighted by molar-refractivity contribution is -0.123. The van der Waals surface area contributed by atoms with Crippen LogP contribution in [0.1, 0.15) is 35.2 Å². The smallest absolute Gasteiger partial charge is 0.257 e. The van der Waals surface area contributed by atoms with Gasteiger partial charge in [0.05, 0.1) is 19.2 Å². The van der Waals surface area contributed by atoms with Crippen LogP contribution in [0.25, 0.3) is 0 Å². The number of methoxy groups -OCH3 is 1. The lowest BCUT2D eigenvalue weighted by Crippen LogP contribution is -2.54. The summed E-state index contributed by atoms with van der Waals surface area (Å²) in [7, 11) is 1.56. The number of ether oxygens (including phenoxy) is 1. The van der Waals surface area contributed by atoms with Crippen LogP contribution in [0.15, 0.2) is 78.9 Å². The summed E-state index contributed by atoms with van der Waals surface area (Å²) in [6.07, 6.45) is 1.43. The quantitative estimate of drug-likeness (QED) is 0.281. The van der Waals surface area contributed by atoms with E-state index in [-0.39, 0.29) is 30.2 Å². The molecule has 0 aliphatic carbocycles. The number of imide groups is 1. The van der Waals surface area contributed by atoms with E-state index in [0.717, 1.165) is 36.0 Å². The van der Waals surface area contributed by atoms with Crippen molar-refractivity contribution in [2.24, 2.45) is 0 Å². The molecule has 0 aromatic heterocycles. The van der Waals surface area contributed by atoms with E-state index in [2.05, 4.69) is 39.6 Å².